The molecule has 6 atom stereocenters. The number of esters is 1. The van der Waals surface area contributed by atoms with Crippen molar-refractivity contribution in [3.8, 4) is 29.1 Å². The maximum absolute atomic E-state index is 17.0. The highest BCUT2D eigenvalue weighted by Crippen LogP contribution is 2.66. The molecule has 0 radical (unpaired) electrons. The van der Waals surface area contributed by atoms with E-state index in [1.807, 2.05) is 114 Å². The SMILES string of the molecule is O=C1O[C@@H](c2ccccc2)[C@@H](c2ccccc2)N2[C@@H](c3cccc(OCCO)c3)[C@]3(C(=O)N(C(=O)OCc4ccc([N+](=O)[O-])cc4)c4ccc(C#CCn5nnc6ccccc65)cc43)[C@@H](C(=O)N3CCN(Cc4ccc5c(c4)OCO5)CC3)[C@H]12. The molecule has 20 heteroatoms. The van der Waals surface area contributed by atoms with Crippen molar-refractivity contribution >= 4 is 46.3 Å². The molecule has 13 rings (SSSR count). The normalized spacial score (nSPS) is 21.6. The van der Waals surface area contributed by atoms with Gasteiger partial charge in [-0.3, -0.25) is 34.3 Å². The van der Waals surface area contributed by atoms with E-state index in [2.05, 4.69) is 27.1 Å². The van der Waals surface area contributed by atoms with Gasteiger partial charge in [-0.1, -0.05) is 108 Å². The number of non-ortho nitro benzene ring substituents is 1. The number of amides is 3. The van der Waals surface area contributed by atoms with Crippen LogP contribution in [0.15, 0.2) is 170 Å². The molecule has 7 aromatic carbocycles. The molecule has 5 aliphatic rings. The first-order chi connectivity index (χ1) is 41.1. The summed E-state index contributed by atoms with van der Waals surface area (Å²) < 4.78 is 31.7. The van der Waals surface area contributed by atoms with E-state index >= 15 is 19.2 Å². The summed E-state index contributed by atoms with van der Waals surface area (Å²) in [6.45, 7) is 1.37. The largest absolute Gasteiger partial charge is 0.491 e. The number of ether oxygens (including phenoxy) is 5. The fraction of sp³-hybridized carbons (Fsp3) is 0.250. The van der Waals surface area contributed by atoms with E-state index in [-0.39, 0.29) is 63.2 Å². The first kappa shape index (κ1) is 53.4. The van der Waals surface area contributed by atoms with Crippen LogP contribution in [0.25, 0.3) is 11.0 Å². The number of nitrogens with zero attached hydrogens (tertiary/aromatic N) is 8. The molecule has 3 amide bonds. The number of nitro groups is 1. The van der Waals surface area contributed by atoms with Crippen LogP contribution in [0.1, 0.15) is 57.1 Å². The lowest BCUT2D eigenvalue weighted by atomic mass is 9.64. The maximum Gasteiger partial charge on any atom is 0.421 e. The highest BCUT2D eigenvalue weighted by molar-refractivity contribution is 6.23. The number of nitro benzene ring substituents is 1. The summed E-state index contributed by atoms with van der Waals surface area (Å²) in [5.74, 6) is 4.46. The van der Waals surface area contributed by atoms with Crippen LogP contribution in [0, 0.1) is 27.9 Å². The predicted molar refractivity (Wildman–Crippen MR) is 303 cm³/mol. The third kappa shape index (κ3) is 9.56. The number of para-hydroxylation sites is 1. The Morgan fingerprint density at radius 2 is 1.49 bits per heavy atom. The fourth-order valence-corrected chi connectivity index (χ4v) is 12.7. The number of anilines is 1. The number of aliphatic hydroxyl groups excluding tert-OH is 1. The number of rotatable bonds is 13. The van der Waals surface area contributed by atoms with Crippen molar-refractivity contribution < 1.29 is 52.9 Å². The van der Waals surface area contributed by atoms with Crippen molar-refractivity contribution in [2.24, 2.45) is 5.92 Å². The summed E-state index contributed by atoms with van der Waals surface area (Å²) in [7, 11) is 0. The molecular weight excluding hydrogens is 1070 g/mol. The molecule has 8 aromatic rings. The second-order valence-electron chi connectivity index (χ2n) is 21.1. The number of aliphatic hydroxyl groups is 1. The number of fused-ring (bicyclic) bond motifs is 5. The van der Waals surface area contributed by atoms with Crippen LogP contribution in [0.5, 0.6) is 17.2 Å². The second kappa shape index (κ2) is 22.4. The van der Waals surface area contributed by atoms with Gasteiger partial charge >= 0.3 is 12.1 Å². The van der Waals surface area contributed by atoms with E-state index in [0.29, 0.717) is 70.2 Å². The second-order valence-corrected chi connectivity index (χ2v) is 21.1. The fourth-order valence-electron chi connectivity index (χ4n) is 12.7. The van der Waals surface area contributed by atoms with Crippen LogP contribution in [0.4, 0.5) is 16.2 Å². The van der Waals surface area contributed by atoms with Gasteiger partial charge in [-0.2, -0.15) is 0 Å². The zero-order chi connectivity index (χ0) is 57.5. The topological polar surface area (TPSA) is 221 Å². The predicted octanol–water partition coefficient (Wildman–Crippen LogP) is 7.84. The van der Waals surface area contributed by atoms with Crippen LogP contribution in [-0.2, 0) is 49.0 Å². The molecule has 0 bridgehead atoms. The summed E-state index contributed by atoms with van der Waals surface area (Å²) in [5, 5.41) is 30.2. The highest BCUT2D eigenvalue weighted by Gasteiger charge is 2.76. The molecule has 20 nitrogen and oxygen atoms in total. The Kier molecular flexibility index (Phi) is 14.3. The molecular formula is C64H54N8O12. The van der Waals surface area contributed by atoms with E-state index in [1.165, 1.54) is 24.3 Å². The quantitative estimate of drug-likeness (QED) is 0.0503. The summed E-state index contributed by atoms with van der Waals surface area (Å²) in [5.41, 5.74) is 3.11. The van der Waals surface area contributed by atoms with E-state index in [9.17, 15) is 15.2 Å². The van der Waals surface area contributed by atoms with E-state index in [1.54, 1.807) is 46.0 Å². The maximum atomic E-state index is 17.0. The van der Waals surface area contributed by atoms with Gasteiger partial charge in [0.05, 0.1) is 40.7 Å². The van der Waals surface area contributed by atoms with Gasteiger partial charge in [-0.15, -0.1) is 5.10 Å². The standard InChI is InChI=1S/C64H54N8O12/c73-33-34-80-48-17-9-16-46(37-48)59-64(49-35-41(11-10-28-69-52-19-8-7-18-50(52)65-66-69)22-26-51(49)70(62(64)76)63(77)81-39-42-20-24-47(25-21-42)72(78)79)55(60(74)68-31-29-67(30-32-68)38-43-23-27-53-54(36-43)83-40-82-53)57-61(75)84-58(45-14-5-2-6-15-45)56(71(57)59)44-12-3-1-4-13-44/h1-9,12-27,35-37,55-59,73H,28-34,38-40H2/t55-,56-,57-,58+,59+,64-/m1/s1. The molecule has 0 aliphatic carbocycles. The lowest BCUT2D eigenvalue weighted by Crippen LogP contribution is -2.59. The molecule has 1 aromatic heterocycles. The molecule has 1 N–H and O–H groups in total. The van der Waals surface area contributed by atoms with E-state index < -0.39 is 64.4 Å². The monoisotopic (exact) mass is 1130 g/mol. The number of aromatic nitrogens is 3. The van der Waals surface area contributed by atoms with Crippen molar-refractivity contribution in [2.45, 2.75) is 49.3 Å². The smallest absolute Gasteiger partial charge is 0.421 e. The van der Waals surface area contributed by atoms with Crippen molar-refractivity contribution in [1.82, 2.24) is 29.7 Å². The highest BCUT2D eigenvalue weighted by atomic mass is 16.7. The number of piperazine rings is 1. The van der Waals surface area contributed by atoms with Crippen molar-refractivity contribution in [3.63, 3.8) is 0 Å². The van der Waals surface area contributed by atoms with Gasteiger partial charge in [0.1, 0.15) is 48.6 Å². The minimum Gasteiger partial charge on any atom is -0.491 e. The third-order valence-electron chi connectivity index (χ3n) is 16.4. The Labute approximate surface area is 481 Å². The third-order valence-corrected chi connectivity index (χ3v) is 16.4. The number of carbonyl (C=O) groups is 4. The number of cyclic esters (lactones) is 1. The number of morpholine rings is 1. The lowest BCUT2D eigenvalue weighted by molar-refractivity contribution is -0.384. The number of carbonyl (C=O) groups excluding carboxylic acids is 4. The molecule has 0 saturated carbocycles. The summed E-state index contributed by atoms with van der Waals surface area (Å²) >= 11 is 0. The van der Waals surface area contributed by atoms with Crippen LogP contribution >= 0.6 is 0 Å². The van der Waals surface area contributed by atoms with Crippen LogP contribution in [0.2, 0.25) is 0 Å². The zero-order valence-corrected chi connectivity index (χ0v) is 45.1. The average molecular weight is 1130 g/mol. The number of hydrogen-bond donors (Lipinski definition) is 1. The van der Waals surface area contributed by atoms with Crippen LogP contribution in [-0.4, -0.2) is 116 Å². The minimum absolute atomic E-state index is 0.0645. The first-order valence-corrected chi connectivity index (χ1v) is 27.6. The number of imide groups is 1. The Morgan fingerprint density at radius 1 is 0.762 bits per heavy atom. The first-order valence-electron chi connectivity index (χ1n) is 27.6. The summed E-state index contributed by atoms with van der Waals surface area (Å²) in [4.78, 5) is 82.6. The average Bonchev–Trinajstić information content (AvgIpc) is 1.77. The zero-order valence-electron chi connectivity index (χ0n) is 45.1. The molecule has 3 fully saturated rings. The van der Waals surface area contributed by atoms with Gasteiger partial charge in [-0.25, -0.2) is 14.4 Å². The lowest BCUT2D eigenvalue weighted by Gasteiger charge is -2.46. The van der Waals surface area contributed by atoms with Crippen LogP contribution in [0.3, 0.4) is 0 Å². The molecule has 1 spiro atoms. The molecule has 3 saturated heterocycles. The van der Waals surface area contributed by atoms with Gasteiger partial charge in [-0.05, 0) is 100 Å². The van der Waals surface area contributed by atoms with Gasteiger partial charge in [0.15, 0.2) is 11.5 Å². The Morgan fingerprint density at radius 3 is 2.26 bits per heavy atom. The molecule has 6 heterocycles. The molecule has 0 unspecified atom stereocenters. The summed E-state index contributed by atoms with van der Waals surface area (Å²) in [6, 6.07) is 46.0. The minimum atomic E-state index is -2.15. The van der Waals surface area contributed by atoms with Gasteiger partial charge in [0.2, 0.25) is 18.6 Å². The van der Waals surface area contributed by atoms with Crippen molar-refractivity contribution in [1.29, 1.82) is 0 Å². The van der Waals surface area contributed by atoms with Gasteiger partial charge in [0, 0.05) is 50.4 Å². The van der Waals surface area contributed by atoms with E-state index in [4.69, 9.17) is 23.7 Å². The number of hydrogen-bond acceptors (Lipinski definition) is 16. The molecule has 84 heavy (non-hydrogen) atoms. The van der Waals surface area contributed by atoms with E-state index in [0.717, 1.165) is 16.0 Å². The van der Waals surface area contributed by atoms with Crippen LogP contribution < -0.4 is 19.1 Å². The van der Waals surface area contributed by atoms with Crippen molar-refractivity contribution in [3.05, 3.63) is 219 Å². The number of benzene rings is 7. The molecule has 422 valence electrons. The Hall–Kier alpha value is -9.94. The van der Waals surface area contributed by atoms with Gasteiger partial charge in [0.25, 0.3) is 5.69 Å². The summed E-state index contributed by atoms with van der Waals surface area (Å²) in [6.07, 6.45) is -2.08. The van der Waals surface area contributed by atoms with Gasteiger partial charge < -0.3 is 33.7 Å². The van der Waals surface area contributed by atoms with Crippen molar-refractivity contribution in [2.75, 3.05) is 51.1 Å². The Bertz CT molecular complexity index is 3920. The molecule has 5 aliphatic heterocycles. The Balaban J connectivity index is 0.998.